The molecule has 0 fully saturated rings. The first-order chi connectivity index (χ1) is 4.54. The van der Waals surface area contributed by atoms with E-state index in [0.717, 1.165) is 11.3 Å². The van der Waals surface area contributed by atoms with Crippen molar-refractivity contribution in [3.8, 4) is 0 Å². The summed E-state index contributed by atoms with van der Waals surface area (Å²) in [7, 11) is 0. The van der Waals surface area contributed by atoms with Gasteiger partial charge in [0, 0.05) is 6.04 Å². The van der Waals surface area contributed by atoms with E-state index in [4.69, 9.17) is 0 Å². The van der Waals surface area contributed by atoms with E-state index < -0.39 is 0 Å². The van der Waals surface area contributed by atoms with Gasteiger partial charge < -0.3 is 5.43 Å². The van der Waals surface area contributed by atoms with Gasteiger partial charge in [-0.2, -0.15) is 5.10 Å². The van der Waals surface area contributed by atoms with E-state index in [0.29, 0.717) is 6.04 Å². The quantitative estimate of drug-likeness (QED) is 0.470. The lowest BCUT2D eigenvalue weighted by Gasteiger charge is -2.04. The van der Waals surface area contributed by atoms with Crippen LogP contribution in [0.1, 0.15) is 27.7 Å². The third kappa shape index (κ3) is 4.13. The van der Waals surface area contributed by atoms with Gasteiger partial charge in [-0.05, 0) is 33.3 Å². The van der Waals surface area contributed by atoms with Crippen molar-refractivity contribution in [1.29, 1.82) is 0 Å². The Morgan fingerprint density at radius 3 is 2.20 bits per heavy atom. The lowest BCUT2D eigenvalue weighted by molar-refractivity contribution is 0.620. The lowest BCUT2D eigenvalue weighted by Crippen LogP contribution is -2.17. The van der Waals surface area contributed by atoms with Crippen molar-refractivity contribution in [2.45, 2.75) is 33.7 Å². The smallest absolute Gasteiger partial charge is 0.0595 e. The lowest BCUT2D eigenvalue weighted by atomic mass is 10.2. The molecule has 0 atom stereocenters. The molecule has 0 rings (SSSR count). The van der Waals surface area contributed by atoms with Crippen molar-refractivity contribution in [2.24, 2.45) is 5.10 Å². The van der Waals surface area contributed by atoms with E-state index in [1.807, 2.05) is 13.8 Å². The highest BCUT2D eigenvalue weighted by Crippen LogP contribution is 1.90. The van der Waals surface area contributed by atoms with Gasteiger partial charge in [-0.3, -0.25) is 0 Å². The van der Waals surface area contributed by atoms with Crippen LogP contribution in [0.5, 0.6) is 0 Å². The Labute approximate surface area is 63.0 Å². The minimum atomic E-state index is 0.397. The number of allylic oxidation sites excluding steroid dienone is 1. The molecule has 0 radical (unpaired) electrons. The third-order valence-electron chi connectivity index (χ3n) is 1.11. The molecule has 10 heavy (non-hydrogen) atoms. The second kappa shape index (κ2) is 4.09. The molecule has 0 amide bonds. The Balaban J connectivity index is 3.81. The van der Waals surface area contributed by atoms with Crippen LogP contribution < -0.4 is 5.43 Å². The molecule has 2 heteroatoms. The molecule has 0 saturated carbocycles. The minimum Gasteiger partial charge on any atom is -0.307 e. The molecule has 0 aliphatic heterocycles. The molecule has 0 bridgehead atoms. The van der Waals surface area contributed by atoms with Crippen LogP contribution in [0.25, 0.3) is 0 Å². The average Bonchev–Trinajstić information content (AvgIpc) is 1.82. The summed E-state index contributed by atoms with van der Waals surface area (Å²) in [4.78, 5) is 0. The molecule has 0 heterocycles. The Hall–Kier alpha value is -0.790. The maximum absolute atomic E-state index is 4.09. The highest BCUT2D eigenvalue weighted by atomic mass is 15.3. The summed E-state index contributed by atoms with van der Waals surface area (Å²) in [6, 6.07) is 0.397. The number of hydrazone groups is 1. The zero-order valence-corrected chi connectivity index (χ0v) is 7.23. The summed E-state index contributed by atoms with van der Waals surface area (Å²) in [5.74, 6) is 0. The highest BCUT2D eigenvalue weighted by molar-refractivity contribution is 5.96. The van der Waals surface area contributed by atoms with Gasteiger partial charge in [0.1, 0.15) is 0 Å². The fraction of sp³-hybridized carbons (Fsp3) is 0.625. The van der Waals surface area contributed by atoms with Crippen LogP contribution in [-0.4, -0.2) is 11.8 Å². The van der Waals surface area contributed by atoms with E-state index in [1.54, 1.807) is 0 Å². The fourth-order valence-corrected chi connectivity index (χ4v) is 0.321. The van der Waals surface area contributed by atoms with Crippen LogP contribution in [0.15, 0.2) is 17.3 Å². The summed E-state index contributed by atoms with van der Waals surface area (Å²) in [5.41, 5.74) is 4.93. The molecule has 0 aromatic rings. The number of rotatable bonds is 3. The average molecular weight is 140 g/mol. The van der Waals surface area contributed by atoms with E-state index in [1.165, 1.54) is 0 Å². The molecule has 2 nitrogen and oxygen atoms in total. The molecule has 0 aromatic heterocycles. The number of hydrogen-bond acceptors (Lipinski definition) is 2. The maximum Gasteiger partial charge on any atom is 0.0595 e. The van der Waals surface area contributed by atoms with E-state index in [-0.39, 0.29) is 0 Å². The number of nitrogens with zero attached hydrogens (tertiary/aromatic N) is 1. The molecule has 0 aromatic carbocycles. The van der Waals surface area contributed by atoms with Gasteiger partial charge in [0.2, 0.25) is 0 Å². The molecular formula is C8H16N2. The SMILES string of the molecule is C=C(C)C(C)=NNC(C)C. The topological polar surface area (TPSA) is 24.4 Å². The van der Waals surface area contributed by atoms with E-state index >= 15 is 0 Å². The van der Waals surface area contributed by atoms with Gasteiger partial charge in [0.25, 0.3) is 0 Å². The minimum absolute atomic E-state index is 0.397. The Morgan fingerprint density at radius 1 is 1.40 bits per heavy atom. The Kier molecular flexibility index (Phi) is 3.77. The molecule has 0 unspecified atom stereocenters. The fourth-order valence-electron chi connectivity index (χ4n) is 0.321. The van der Waals surface area contributed by atoms with Crippen molar-refractivity contribution in [3.63, 3.8) is 0 Å². The molecule has 0 saturated heterocycles. The van der Waals surface area contributed by atoms with Gasteiger partial charge >= 0.3 is 0 Å². The first-order valence-electron chi connectivity index (χ1n) is 3.49. The van der Waals surface area contributed by atoms with Crippen LogP contribution in [0.2, 0.25) is 0 Å². The summed E-state index contributed by atoms with van der Waals surface area (Å²) in [6.45, 7) is 11.8. The van der Waals surface area contributed by atoms with Gasteiger partial charge in [-0.15, -0.1) is 0 Å². The molecule has 0 spiro atoms. The summed E-state index contributed by atoms with van der Waals surface area (Å²) in [5, 5.41) is 4.09. The first kappa shape index (κ1) is 9.21. The zero-order valence-electron chi connectivity index (χ0n) is 7.23. The van der Waals surface area contributed by atoms with Gasteiger partial charge in [-0.25, -0.2) is 0 Å². The summed E-state index contributed by atoms with van der Waals surface area (Å²) >= 11 is 0. The van der Waals surface area contributed by atoms with Crippen LogP contribution >= 0.6 is 0 Å². The third-order valence-corrected chi connectivity index (χ3v) is 1.11. The monoisotopic (exact) mass is 140 g/mol. The van der Waals surface area contributed by atoms with Crippen molar-refractivity contribution in [2.75, 3.05) is 0 Å². The second-order valence-corrected chi connectivity index (χ2v) is 2.76. The largest absolute Gasteiger partial charge is 0.307 e. The first-order valence-corrected chi connectivity index (χ1v) is 3.49. The van der Waals surface area contributed by atoms with Crippen molar-refractivity contribution < 1.29 is 0 Å². The normalized spacial score (nSPS) is 11.9. The summed E-state index contributed by atoms with van der Waals surface area (Å²) < 4.78 is 0. The molecule has 0 aliphatic carbocycles. The molecule has 0 aliphatic rings. The van der Waals surface area contributed by atoms with Crippen molar-refractivity contribution in [3.05, 3.63) is 12.2 Å². The van der Waals surface area contributed by atoms with E-state index in [2.05, 4.69) is 31.0 Å². The Morgan fingerprint density at radius 2 is 1.90 bits per heavy atom. The Bertz CT molecular complexity index is 145. The predicted octanol–water partition coefficient (Wildman–Crippen LogP) is 1.94. The molecule has 1 N–H and O–H groups in total. The number of hydrogen-bond donors (Lipinski definition) is 1. The van der Waals surface area contributed by atoms with Gasteiger partial charge in [-0.1, -0.05) is 6.58 Å². The predicted molar refractivity (Wildman–Crippen MR) is 46.2 cm³/mol. The standard InChI is InChI=1S/C8H16N2/c1-6(2)8(5)10-9-7(3)4/h7,9H,1H2,2-5H3. The van der Waals surface area contributed by atoms with Crippen LogP contribution in [-0.2, 0) is 0 Å². The van der Waals surface area contributed by atoms with Crippen LogP contribution in [0.3, 0.4) is 0 Å². The molecular weight excluding hydrogens is 124 g/mol. The maximum atomic E-state index is 4.09. The molecule has 58 valence electrons. The van der Waals surface area contributed by atoms with E-state index in [9.17, 15) is 0 Å². The van der Waals surface area contributed by atoms with Crippen molar-refractivity contribution in [1.82, 2.24) is 5.43 Å². The summed E-state index contributed by atoms with van der Waals surface area (Å²) in [6.07, 6.45) is 0. The zero-order chi connectivity index (χ0) is 8.15. The van der Waals surface area contributed by atoms with Crippen molar-refractivity contribution >= 4 is 5.71 Å². The highest BCUT2D eigenvalue weighted by Gasteiger charge is 1.90. The van der Waals surface area contributed by atoms with Crippen LogP contribution in [0.4, 0.5) is 0 Å². The second-order valence-electron chi connectivity index (χ2n) is 2.76. The van der Waals surface area contributed by atoms with Crippen LogP contribution in [0, 0.1) is 0 Å². The van der Waals surface area contributed by atoms with Gasteiger partial charge in [0.15, 0.2) is 0 Å². The van der Waals surface area contributed by atoms with Gasteiger partial charge in [0.05, 0.1) is 5.71 Å². The number of nitrogens with one attached hydrogen (secondary N) is 1.